The second-order valence-electron chi connectivity index (χ2n) is 5.58. The minimum Gasteiger partial charge on any atom is -0.332 e. The summed E-state index contributed by atoms with van der Waals surface area (Å²) >= 11 is 5.88. The predicted molar refractivity (Wildman–Crippen MR) is 97.1 cm³/mol. The maximum atomic E-state index is 12.3. The summed E-state index contributed by atoms with van der Waals surface area (Å²) in [5.41, 5.74) is 0.659. The summed E-state index contributed by atoms with van der Waals surface area (Å²) < 4.78 is 48.1. The third-order valence-electron chi connectivity index (χ3n) is 3.52. The number of nitrogens with zero attached hydrogens (tertiary/aromatic N) is 2. The van der Waals surface area contributed by atoms with Crippen molar-refractivity contribution in [2.24, 2.45) is 0 Å². The van der Waals surface area contributed by atoms with Crippen molar-refractivity contribution in [1.82, 2.24) is 10.0 Å². The molecule has 0 radical (unpaired) electrons. The highest BCUT2D eigenvalue weighted by Crippen LogP contribution is 2.26. The smallest absolute Gasteiger partial charge is 0.288 e. The molecule has 1 saturated heterocycles. The lowest BCUT2D eigenvalue weighted by Gasteiger charge is -2.36. The van der Waals surface area contributed by atoms with Gasteiger partial charge in [0.25, 0.3) is 5.76 Å². The van der Waals surface area contributed by atoms with Gasteiger partial charge in [0.1, 0.15) is 0 Å². The summed E-state index contributed by atoms with van der Waals surface area (Å²) in [4.78, 5) is 0.466. The maximum absolute atomic E-state index is 12.3. The molecule has 1 aromatic rings. The van der Waals surface area contributed by atoms with Crippen LogP contribution in [0.1, 0.15) is 6.42 Å². The average Bonchev–Trinajstić information content (AvgIpc) is 2.80. The minimum atomic E-state index is -3.03. The lowest BCUT2D eigenvalue weighted by Crippen LogP contribution is -2.51. The van der Waals surface area contributed by atoms with Gasteiger partial charge in [-0.1, -0.05) is 11.8 Å². The highest BCUT2D eigenvalue weighted by molar-refractivity contribution is 7.99. The Kier molecular flexibility index (Phi) is 6.40. The average molecular weight is 396 g/mol. The van der Waals surface area contributed by atoms with E-state index in [1.807, 2.05) is 0 Å². The van der Waals surface area contributed by atoms with Crippen LogP contribution in [0.4, 0.5) is 14.5 Å². The summed E-state index contributed by atoms with van der Waals surface area (Å²) in [6.45, 7) is 0. The Hall–Kier alpha value is -0.970. The molecule has 1 fully saturated rings. The highest BCUT2D eigenvalue weighted by atomic mass is 32.2. The van der Waals surface area contributed by atoms with Crippen LogP contribution < -0.4 is 5.32 Å². The monoisotopic (exact) mass is 395 g/mol. The number of hydrogen-bond donors (Lipinski definition) is 1. The van der Waals surface area contributed by atoms with Crippen molar-refractivity contribution in [3.8, 4) is 0 Å². The molecule has 0 amide bonds. The van der Waals surface area contributed by atoms with E-state index in [0.29, 0.717) is 33.9 Å². The molecule has 1 heterocycles. The Bertz CT molecular complexity index is 681. The molecule has 0 spiro atoms. The van der Waals surface area contributed by atoms with Crippen LogP contribution in [0.5, 0.6) is 0 Å². The van der Waals surface area contributed by atoms with Gasteiger partial charge in [-0.3, -0.25) is 5.01 Å². The first-order chi connectivity index (χ1) is 11.2. The molecule has 0 bridgehead atoms. The number of hydrazine groups is 1. The quantitative estimate of drug-likeness (QED) is 0.467. The van der Waals surface area contributed by atoms with Gasteiger partial charge < -0.3 is 5.32 Å². The van der Waals surface area contributed by atoms with E-state index in [2.05, 4.69) is 5.32 Å². The fourth-order valence-corrected chi connectivity index (χ4v) is 5.16. The summed E-state index contributed by atoms with van der Waals surface area (Å²) in [6.07, 6.45) is 0.520. The summed E-state index contributed by atoms with van der Waals surface area (Å²) in [6, 6.07) is 6.29. The molecule has 5 nitrogen and oxygen atoms in total. The molecule has 1 N–H and O–H groups in total. The summed E-state index contributed by atoms with van der Waals surface area (Å²) in [7, 11) is 0.559. The van der Waals surface area contributed by atoms with E-state index in [1.54, 1.807) is 48.4 Å². The van der Waals surface area contributed by atoms with Gasteiger partial charge in [0.2, 0.25) is 0 Å². The summed E-state index contributed by atoms with van der Waals surface area (Å²) in [5.74, 6) is -2.24. The second kappa shape index (κ2) is 7.94. The number of anilines is 1. The predicted octanol–water partition coefficient (Wildman–Crippen LogP) is 2.66. The van der Waals surface area contributed by atoms with Gasteiger partial charge in [0, 0.05) is 24.7 Å². The lowest BCUT2D eigenvalue weighted by atomic mass is 10.2. The molecule has 1 aromatic carbocycles. The molecule has 0 aromatic heterocycles. The number of thioether (sulfide) groups is 1. The van der Waals surface area contributed by atoms with Crippen LogP contribution in [0.3, 0.4) is 0 Å². The molecule has 134 valence electrons. The van der Waals surface area contributed by atoms with E-state index in [4.69, 9.17) is 12.2 Å². The van der Waals surface area contributed by atoms with E-state index >= 15 is 0 Å². The molecule has 0 aliphatic carbocycles. The number of halogens is 2. The normalized spacial score (nSPS) is 19.7. The highest BCUT2D eigenvalue weighted by Gasteiger charge is 2.34. The molecular formula is C14H19F2N3O2S3. The molecule has 0 saturated carbocycles. The third-order valence-corrected chi connectivity index (χ3v) is 6.29. The van der Waals surface area contributed by atoms with Gasteiger partial charge in [-0.05, 0) is 42.9 Å². The number of thiocarbonyl (C=S) groups is 1. The molecule has 0 unspecified atom stereocenters. The molecular weight excluding hydrogens is 376 g/mol. The number of benzene rings is 1. The fraction of sp³-hybridized carbons (Fsp3) is 0.500. The Morgan fingerprint density at radius 3 is 2.42 bits per heavy atom. The fourth-order valence-electron chi connectivity index (χ4n) is 2.54. The summed E-state index contributed by atoms with van der Waals surface area (Å²) in [5, 5.41) is 6.89. The Morgan fingerprint density at radius 2 is 1.96 bits per heavy atom. The van der Waals surface area contributed by atoms with Crippen LogP contribution in [0.15, 0.2) is 29.2 Å². The van der Waals surface area contributed by atoms with Gasteiger partial charge >= 0.3 is 0 Å². The molecule has 1 aliphatic heterocycles. The van der Waals surface area contributed by atoms with Crippen molar-refractivity contribution in [1.29, 1.82) is 0 Å². The van der Waals surface area contributed by atoms with Crippen molar-refractivity contribution in [3.05, 3.63) is 24.3 Å². The number of nitrogens with one attached hydrogen (secondary N) is 1. The van der Waals surface area contributed by atoms with Gasteiger partial charge in [-0.15, -0.1) is 0 Å². The first-order valence-electron chi connectivity index (χ1n) is 7.21. The zero-order valence-corrected chi connectivity index (χ0v) is 15.7. The molecule has 24 heavy (non-hydrogen) atoms. The van der Waals surface area contributed by atoms with Gasteiger partial charge in [0.15, 0.2) is 14.9 Å². The Labute approximate surface area is 150 Å². The van der Waals surface area contributed by atoms with Crippen molar-refractivity contribution in [2.45, 2.75) is 23.1 Å². The van der Waals surface area contributed by atoms with Gasteiger partial charge in [-0.25, -0.2) is 13.4 Å². The standard InChI is InChI=1S/C14H19F2N3O2S3/c1-18(2)19(11-7-8-24(20,21)9-11)14(22)17-10-3-5-12(6-4-10)23-13(15)16/h3-6,11,13H,7-9H2,1-2H3,(H,17,22)/t11-/m0/s1. The van der Waals surface area contributed by atoms with Gasteiger partial charge in [-0.2, -0.15) is 8.78 Å². The second-order valence-corrected chi connectivity index (χ2v) is 9.26. The number of rotatable bonds is 5. The first-order valence-corrected chi connectivity index (χ1v) is 10.3. The molecule has 10 heteroatoms. The Balaban J connectivity index is 2.05. The molecule has 1 aliphatic rings. The molecule has 1 atom stereocenters. The van der Waals surface area contributed by atoms with Crippen LogP contribution in [-0.2, 0) is 9.84 Å². The van der Waals surface area contributed by atoms with E-state index in [9.17, 15) is 17.2 Å². The van der Waals surface area contributed by atoms with E-state index < -0.39 is 15.6 Å². The molecule has 2 rings (SSSR count). The first kappa shape index (κ1) is 19.4. The van der Waals surface area contributed by atoms with E-state index in [1.165, 1.54) is 0 Å². The van der Waals surface area contributed by atoms with Crippen LogP contribution in [0.25, 0.3) is 0 Å². The maximum Gasteiger partial charge on any atom is 0.288 e. The van der Waals surface area contributed by atoms with Crippen molar-refractivity contribution >= 4 is 44.6 Å². The van der Waals surface area contributed by atoms with Crippen LogP contribution in [-0.4, -0.2) is 60.9 Å². The van der Waals surface area contributed by atoms with Crippen molar-refractivity contribution < 1.29 is 17.2 Å². The topological polar surface area (TPSA) is 52.6 Å². The Morgan fingerprint density at radius 1 is 1.33 bits per heavy atom. The van der Waals surface area contributed by atoms with E-state index in [0.717, 1.165) is 0 Å². The lowest BCUT2D eigenvalue weighted by molar-refractivity contribution is 0.0757. The van der Waals surface area contributed by atoms with Crippen LogP contribution in [0, 0.1) is 0 Å². The van der Waals surface area contributed by atoms with Crippen molar-refractivity contribution in [2.75, 3.05) is 30.9 Å². The number of alkyl halides is 2. The third kappa shape index (κ3) is 5.27. The number of sulfone groups is 1. The largest absolute Gasteiger partial charge is 0.332 e. The van der Waals surface area contributed by atoms with Crippen LogP contribution in [0.2, 0.25) is 0 Å². The zero-order chi connectivity index (χ0) is 17.9. The minimum absolute atomic E-state index is 0.0664. The van der Waals surface area contributed by atoms with Gasteiger partial charge in [0.05, 0.1) is 17.5 Å². The number of hydrogen-bond acceptors (Lipinski definition) is 5. The van der Waals surface area contributed by atoms with Crippen LogP contribution >= 0.6 is 24.0 Å². The zero-order valence-electron chi connectivity index (χ0n) is 13.3. The SMILES string of the molecule is CN(C)N(C(=S)Nc1ccc(SC(F)F)cc1)[C@H]1CCS(=O)(=O)C1. The van der Waals surface area contributed by atoms with E-state index in [-0.39, 0.29) is 17.5 Å². The van der Waals surface area contributed by atoms with Crippen molar-refractivity contribution in [3.63, 3.8) is 0 Å².